The van der Waals surface area contributed by atoms with E-state index in [-0.39, 0.29) is 12.1 Å². The molecule has 0 unspecified atom stereocenters. The van der Waals surface area contributed by atoms with E-state index in [0.717, 1.165) is 11.1 Å². The summed E-state index contributed by atoms with van der Waals surface area (Å²) >= 11 is 12.7. The molecule has 0 saturated carbocycles. The second-order valence-corrected chi connectivity index (χ2v) is 9.11. The average molecular weight is 525 g/mol. The summed E-state index contributed by atoms with van der Waals surface area (Å²) in [5.74, 6) is 0. The van der Waals surface area contributed by atoms with Gasteiger partial charge in [0.25, 0.3) is 0 Å². The third-order valence-corrected chi connectivity index (χ3v) is 6.58. The van der Waals surface area contributed by atoms with Gasteiger partial charge in [-0.05, 0) is 67.5 Å². The first-order valence-electron chi connectivity index (χ1n) is 11.8. The molecule has 192 valence electrons. The molecule has 0 aliphatic carbocycles. The van der Waals surface area contributed by atoms with Gasteiger partial charge in [-0.3, -0.25) is 10.4 Å². The van der Waals surface area contributed by atoms with Gasteiger partial charge in [-0.25, -0.2) is 19.7 Å². The molecule has 0 spiro atoms. The number of nitrogens with one attached hydrogen (secondary N) is 2. The Kier molecular flexibility index (Phi) is 11.1. The van der Waals surface area contributed by atoms with Crippen LogP contribution in [0.3, 0.4) is 0 Å². The molecule has 2 aromatic rings. The molecule has 4 N–H and O–H groups in total. The summed E-state index contributed by atoms with van der Waals surface area (Å²) in [6, 6.07) is 8.66. The number of halogens is 2. The van der Waals surface area contributed by atoms with Crippen LogP contribution >= 0.6 is 23.2 Å². The highest BCUT2D eigenvalue weighted by molar-refractivity contribution is 6.34. The van der Waals surface area contributed by atoms with Gasteiger partial charge in [0.2, 0.25) is 0 Å². The zero-order chi connectivity index (χ0) is 26.1. The largest absolute Gasteiger partial charge is 0.345 e. The Morgan fingerprint density at radius 1 is 0.743 bits per heavy atom. The number of carbonyl (C=O) groups is 2. The lowest BCUT2D eigenvalue weighted by molar-refractivity contribution is -0.0747. The lowest BCUT2D eigenvalue weighted by atomic mass is 10.0. The smallest absolute Gasteiger partial charge is 0.305 e. The van der Waals surface area contributed by atoms with Gasteiger partial charge in [-0.1, -0.05) is 63.0 Å². The van der Waals surface area contributed by atoms with Gasteiger partial charge >= 0.3 is 12.1 Å². The highest BCUT2D eigenvalue weighted by Crippen LogP contribution is 2.28. The molecule has 0 aliphatic rings. The second kappa shape index (κ2) is 13.5. The molecule has 0 saturated heterocycles. The van der Waals surface area contributed by atoms with Crippen molar-refractivity contribution in [1.82, 2.24) is 10.1 Å². The SMILES string of the molecule is CCC(CC)N(O)C(=O)Nc1ccc(Cc2ccc(NC(=O)N(O)C(CC)CC)c(Cl)c2)cc1Cl. The summed E-state index contributed by atoms with van der Waals surface area (Å²) < 4.78 is 0. The molecule has 0 fully saturated rings. The lowest BCUT2D eigenvalue weighted by Gasteiger charge is -2.24. The maximum absolute atomic E-state index is 12.3. The fourth-order valence-corrected chi connectivity index (χ4v) is 4.22. The molecule has 0 aromatic heterocycles. The highest BCUT2D eigenvalue weighted by Gasteiger charge is 2.21. The minimum absolute atomic E-state index is 0.272. The van der Waals surface area contributed by atoms with Crippen LogP contribution in [0, 0.1) is 0 Å². The van der Waals surface area contributed by atoms with E-state index in [2.05, 4.69) is 10.6 Å². The second-order valence-electron chi connectivity index (χ2n) is 8.30. The number of anilines is 2. The number of hydroxylamine groups is 4. The van der Waals surface area contributed by atoms with Crippen LogP contribution < -0.4 is 10.6 Å². The summed E-state index contributed by atoms with van der Waals surface area (Å²) in [6.45, 7) is 7.59. The Hall–Kier alpha value is -2.52. The summed E-state index contributed by atoms with van der Waals surface area (Å²) in [5.41, 5.74) is 2.56. The number of hydrogen-bond donors (Lipinski definition) is 4. The Balaban J connectivity index is 2.06. The molecule has 4 amide bonds. The molecular weight excluding hydrogens is 491 g/mol. The quantitative estimate of drug-likeness (QED) is 0.192. The van der Waals surface area contributed by atoms with Crippen molar-refractivity contribution >= 4 is 46.6 Å². The zero-order valence-corrected chi connectivity index (χ0v) is 22.0. The third-order valence-electron chi connectivity index (χ3n) is 5.95. The minimum Gasteiger partial charge on any atom is -0.305 e. The van der Waals surface area contributed by atoms with Gasteiger partial charge in [0.05, 0.1) is 33.5 Å². The van der Waals surface area contributed by atoms with Gasteiger partial charge in [-0.15, -0.1) is 0 Å². The molecule has 0 bridgehead atoms. The number of rotatable bonds is 10. The van der Waals surface area contributed by atoms with Crippen LogP contribution in [0.2, 0.25) is 10.0 Å². The van der Waals surface area contributed by atoms with Gasteiger partial charge < -0.3 is 10.6 Å². The van der Waals surface area contributed by atoms with Crippen LogP contribution in [0.25, 0.3) is 0 Å². The minimum atomic E-state index is -0.636. The molecule has 0 atom stereocenters. The van der Waals surface area contributed by atoms with Gasteiger partial charge in [0.15, 0.2) is 0 Å². The normalized spacial score (nSPS) is 11.0. The number of benzene rings is 2. The molecule has 2 rings (SSSR count). The van der Waals surface area contributed by atoms with Gasteiger partial charge in [-0.2, -0.15) is 0 Å². The van der Waals surface area contributed by atoms with E-state index in [1.54, 1.807) is 24.3 Å². The standard InChI is InChI=1S/C25H34Cl2N4O4/c1-5-18(6-2)30(34)24(32)28-22-11-9-16(14-20(22)26)13-17-10-12-23(21(27)15-17)29-25(33)31(35)19(7-3)8-4/h9-12,14-15,18-19,34-35H,5-8,13H2,1-4H3,(H,28,32)(H,29,33). The Labute approximate surface area is 216 Å². The number of hydrogen-bond acceptors (Lipinski definition) is 4. The van der Waals surface area contributed by atoms with E-state index >= 15 is 0 Å². The third kappa shape index (κ3) is 7.73. The van der Waals surface area contributed by atoms with Gasteiger partial charge in [0.1, 0.15) is 0 Å². The van der Waals surface area contributed by atoms with E-state index in [4.69, 9.17) is 23.2 Å². The summed E-state index contributed by atoms with van der Waals surface area (Å²) in [6.07, 6.45) is 3.05. The molecule has 0 aliphatic heterocycles. The Morgan fingerprint density at radius 2 is 1.09 bits per heavy atom. The molecule has 2 aromatic carbocycles. The molecular formula is C25H34Cl2N4O4. The topological polar surface area (TPSA) is 105 Å². The molecule has 0 radical (unpaired) electrons. The van der Waals surface area contributed by atoms with Crippen molar-refractivity contribution in [2.45, 2.75) is 71.9 Å². The number of amides is 4. The first-order chi connectivity index (χ1) is 16.6. The van der Waals surface area contributed by atoms with Crippen molar-refractivity contribution in [3.8, 4) is 0 Å². The predicted molar refractivity (Wildman–Crippen MR) is 140 cm³/mol. The average Bonchev–Trinajstić information content (AvgIpc) is 2.83. The van der Waals surface area contributed by atoms with Crippen LogP contribution in [0.5, 0.6) is 0 Å². The van der Waals surface area contributed by atoms with Crippen molar-refractivity contribution in [2.75, 3.05) is 10.6 Å². The maximum Gasteiger partial charge on any atom is 0.345 e. The van der Waals surface area contributed by atoms with Crippen molar-refractivity contribution in [3.05, 3.63) is 57.6 Å². The molecule has 35 heavy (non-hydrogen) atoms. The Morgan fingerprint density at radius 3 is 1.37 bits per heavy atom. The summed E-state index contributed by atoms with van der Waals surface area (Å²) in [4.78, 5) is 24.6. The van der Waals surface area contributed by atoms with E-state index in [1.807, 2.05) is 39.8 Å². The van der Waals surface area contributed by atoms with Crippen LogP contribution in [0.4, 0.5) is 21.0 Å². The van der Waals surface area contributed by atoms with E-state index in [0.29, 0.717) is 63.7 Å². The zero-order valence-electron chi connectivity index (χ0n) is 20.5. The van der Waals surface area contributed by atoms with Crippen LogP contribution in [-0.2, 0) is 6.42 Å². The van der Waals surface area contributed by atoms with E-state index < -0.39 is 12.1 Å². The van der Waals surface area contributed by atoms with Crippen molar-refractivity contribution in [1.29, 1.82) is 0 Å². The van der Waals surface area contributed by atoms with E-state index in [1.165, 1.54) is 0 Å². The first-order valence-corrected chi connectivity index (χ1v) is 12.6. The van der Waals surface area contributed by atoms with Crippen LogP contribution in [0.1, 0.15) is 64.5 Å². The van der Waals surface area contributed by atoms with Crippen LogP contribution in [0.15, 0.2) is 36.4 Å². The van der Waals surface area contributed by atoms with Crippen molar-refractivity contribution in [2.24, 2.45) is 0 Å². The molecule has 8 nitrogen and oxygen atoms in total. The number of urea groups is 2. The fourth-order valence-electron chi connectivity index (χ4n) is 3.72. The number of nitrogens with zero attached hydrogens (tertiary/aromatic N) is 2. The fraction of sp³-hybridized carbons (Fsp3) is 0.440. The monoisotopic (exact) mass is 524 g/mol. The van der Waals surface area contributed by atoms with Gasteiger partial charge in [0, 0.05) is 0 Å². The maximum atomic E-state index is 12.3. The summed E-state index contributed by atoms with van der Waals surface area (Å²) in [7, 11) is 0. The number of carbonyl (C=O) groups excluding carboxylic acids is 2. The lowest BCUT2D eigenvalue weighted by Crippen LogP contribution is -2.39. The van der Waals surface area contributed by atoms with E-state index in [9.17, 15) is 20.0 Å². The predicted octanol–water partition coefficient (Wildman–Crippen LogP) is 7.41. The van der Waals surface area contributed by atoms with Crippen molar-refractivity contribution in [3.63, 3.8) is 0 Å². The summed E-state index contributed by atoms with van der Waals surface area (Å²) in [5, 5.41) is 27.5. The van der Waals surface area contributed by atoms with Crippen molar-refractivity contribution < 1.29 is 20.0 Å². The highest BCUT2D eigenvalue weighted by atomic mass is 35.5. The first kappa shape index (κ1) is 28.7. The van der Waals surface area contributed by atoms with Crippen LogP contribution in [-0.4, -0.2) is 44.7 Å². The molecule has 0 heterocycles. The Bertz CT molecular complexity index is 933. The molecule has 10 heteroatoms.